The Kier molecular flexibility index (Phi) is 4.80. The molecular weight excluding hydrogens is 374 g/mol. The van der Waals surface area contributed by atoms with Gasteiger partial charge in [-0.25, -0.2) is 0 Å². The number of non-ortho nitro benzene ring substituents is 1. The van der Waals surface area contributed by atoms with Crippen molar-refractivity contribution in [1.29, 1.82) is 0 Å². The molecule has 0 bridgehead atoms. The molecule has 0 radical (unpaired) electrons. The van der Waals surface area contributed by atoms with Crippen LogP contribution < -0.4 is 10.2 Å². The number of nitrogens with one attached hydrogen (secondary N) is 1. The summed E-state index contributed by atoms with van der Waals surface area (Å²) in [5.41, 5.74) is 1.61. The number of carbonyl (C=O) groups is 1. The van der Waals surface area contributed by atoms with Crippen LogP contribution in [0.2, 0.25) is 0 Å². The van der Waals surface area contributed by atoms with E-state index in [0.29, 0.717) is 11.3 Å². The van der Waals surface area contributed by atoms with E-state index in [4.69, 9.17) is 0 Å². The molecule has 1 amide bonds. The monoisotopic (exact) mass is 389 g/mol. The second-order valence-corrected chi connectivity index (χ2v) is 6.53. The number of nitrogens with zero attached hydrogens (tertiary/aromatic N) is 2. The maximum atomic E-state index is 12.7. The van der Waals surface area contributed by atoms with Gasteiger partial charge < -0.3 is 10.2 Å². The molecule has 1 aliphatic rings. The van der Waals surface area contributed by atoms with Crippen molar-refractivity contribution in [3.63, 3.8) is 0 Å². The minimum absolute atomic E-state index is 0.0858. The van der Waals surface area contributed by atoms with Crippen LogP contribution in [-0.4, -0.2) is 23.9 Å². The van der Waals surface area contributed by atoms with Gasteiger partial charge in [-0.2, -0.15) is 0 Å². The molecular formula is C17H16BrN3O3. The Hall–Kier alpha value is -2.41. The largest absolute Gasteiger partial charge is 0.371 e. The number of amides is 1. The van der Waals surface area contributed by atoms with E-state index in [-0.39, 0.29) is 11.6 Å². The Balaban J connectivity index is 1.95. The zero-order valence-corrected chi connectivity index (χ0v) is 14.5. The number of benzene rings is 2. The third-order valence-corrected chi connectivity index (χ3v) is 4.46. The van der Waals surface area contributed by atoms with Gasteiger partial charge in [-0.3, -0.25) is 14.9 Å². The molecule has 1 aliphatic heterocycles. The zero-order valence-electron chi connectivity index (χ0n) is 12.9. The van der Waals surface area contributed by atoms with Crippen LogP contribution in [0.1, 0.15) is 23.2 Å². The summed E-state index contributed by atoms with van der Waals surface area (Å²) in [6.07, 6.45) is 2.12. The van der Waals surface area contributed by atoms with Crippen molar-refractivity contribution in [2.45, 2.75) is 12.8 Å². The molecule has 0 aromatic heterocycles. The highest BCUT2D eigenvalue weighted by Crippen LogP contribution is 2.29. The number of hydrogen-bond donors (Lipinski definition) is 1. The topological polar surface area (TPSA) is 75.5 Å². The van der Waals surface area contributed by atoms with Gasteiger partial charge in [0, 0.05) is 35.4 Å². The average Bonchev–Trinajstić information content (AvgIpc) is 3.08. The molecule has 1 saturated heterocycles. The van der Waals surface area contributed by atoms with E-state index in [1.807, 2.05) is 12.1 Å². The van der Waals surface area contributed by atoms with Crippen LogP contribution in [0.4, 0.5) is 17.1 Å². The highest BCUT2D eigenvalue weighted by Gasteiger charge is 2.22. The zero-order chi connectivity index (χ0) is 17.1. The van der Waals surface area contributed by atoms with Crippen LogP contribution in [0, 0.1) is 10.1 Å². The SMILES string of the molecule is O=C(Nc1cccc(Br)c1)c1cc([N+](=O)[O-])ccc1N1CCCC1. The van der Waals surface area contributed by atoms with E-state index >= 15 is 0 Å². The Morgan fingerprint density at radius 2 is 1.92 bits per heavy atom. The predicted octanol–water partition coefficient (Wildman–Crippen LogP) is 4.21. The van der Waals surface area contributed by atoms with Gasteiger partial charge in [-0.05, 0) is 37.1 Å². The first-order valence-electron chi connectivity index (χ1n) is 7.65. The Morgan fingerprint density at radius 3 is 2.58 bits per heavy atom. The molecule has 124 valence electrons. The molecule has 0 saturated carbocycles. The van der Waals surface area contributed by atoms with Gasteiger partial charge in [0.15, 0.2) is 0 Å². The molecule has 2 aromatic carbocycles. The highest BCUT2D eigenvalue weighted by atomic mass is 79.9. The van der Waals surface area contributed by atoms with Crippen LogP contribution in [0.25, 0.3) is 0 Å². The lowest BCUT2D eigenvalue weighted by Crippen LogP contribution is -2.23. The van der Waals surface area contributed by atoms with E-state index in [9.17, 15) is 14.9 Å². The van der Waals surface area contributed by atoms with Crippen LogP contribution in [-0.2, 0) is 0 Å². The molecule has 0 aliphatic carbocycles. The molecule has 1 N–H and O–H groups in total. The lowest BCUT2D eigenvalue weighted by molar-refractivity contribution is -0.384. The van der Waals surface area contributed by atoms with Crippen LogP contribution >= 0.6 is 15.9 Å². The van der Waals surface area contributed by atoms with Crippen LogP contribution in [0.15, 0.2) is 46.9 Å². The number of carbonyl (C=O) groups excluding carboxylic acids is 1. The molecule has 2 aromatic rings. The first-order valence-corrected chi connectivity index (χ1v) is 8.44. The smallest absolute Gasteiger partial charge is 0.270 e. The molecule has 0 spiro atoms. The Labute approximate surface area is 147 Å². The number of nitro groups is 1. The van der Waals surface area contributed by atoms with E-state index < -0.39 is 4.92 Å². The van der Waals surface area contributed by atoms with E-state index in [1.54, 1.807) is 18.2 Å². The van der Waals surface area contributed by atoms with Gasteiger partial charge >= 0.3 is 0 Å². The predicted molar refractivity (Wildman–Crippen MR) is 96.6 cm³/mol. The van der Waals surface area contributed by atoms with Crippen molar-refractivity contribution in [3.8, 4) is 0 Å². The minimum Gasteiger partial charge on any atom is -0.371 e. The molecule has 0 unspecified atom stereocenters. The third kappa shape index (κ3) is 3.56. The Bertz CT molecular complexity index is 788. The quantitative estimate of drug-likeness (QED) is 0.627. The molecule has 3 rings (SSSR count). The third-order valence-electron chi connectivity index (χ3n) is 3.96. The lowest BCUT2D eigenvalue weighted by atomic mass is 10.1. The first kappa shape index (κ1) is 16.4. The van der Waals surface area contributed by atoms with E-state index in [0.717, 1.165) is 36.1 Å². The van der Waals surface area contributed by atoms with Crippen molar-refractivity contribution in [2.75, 3.05) is 23.3 Å². The summed E-state index contributed by atoms with van der Waals surface area (Å²) in [5.74, 6) is -0.348. The molecule has 24 heavy (non-hydrogen) atoms. The normalized spacial score (nSPS) is 13.8. The van der Waals surface area contributed by atoms with Crippen LogP contribution in [0.3, 0.4) is 0 Å². The highest BCUT2D eigenvalue weighted by molar-refractivity contribution is 9.10. The van der Waals surface area contributed by atoms with E-state index in [2.05, 4.69) is 26.1 Å². The summed E-state index contributed by atoms with van der Waals surface area (Å²) >= 11 is 3.36. The summed E-state index contributed by atoms with van der Waals surface area (Å²) in [6, 6.07) is 11.7. The molecule has 1 heterocycles. The van der Waals surface area contributed by atoms with Gasteiger partial charge in [0.2, 0.25) is 0 Å². The van der Waals surface area contributed by atoms with Crippen molar-refractivity contribution in [2.24, 2.45) is 0 Å². The summed E-state index contributed by atoms with van der Waals surface area (Å²) in [5, 5.41) is 13.9. The maximum absolute atomic E-state index is 12.7. The van der Waals surface area contributed by atoms with Crippen molar-refractivity contribution < 1.29 is 9.72 Å². The number of rotatable bonds is 4. The molecule has 0 atom stereocenters. The molecule has 7 heteroatoms. The van der Waals surface area contributed by atoms with Gasteiger partial charge in [0.05, 0.1) is 16.2 Å². The fourth-order valence-corrected chi connectivity index (χ4v) is 3.22. The van der Waals surface area contributed by atoms with Crippen molar-refractivity contribution in [3.05, 3.63) is 62.6 Å². The van der Waals surface area contributed by atoms with Gasteiger partial charge in [-0.15, -0.1) is 0 Å². The number of anilines is 2. The summed E-state index contributed by atoms with van der Waals surface area (Å²) in [7, 11) is 0. The Morgan fingerprint density at radius 1 is 1.17 bits per heavy atom. The summed E-state index contributed by atoms with van der Waals surface area (Å²) < 4.78 is 0.846. The molecule has 6 nitrogen and oxygen atoms in total. The fraction of sp³-hybridized carbons (Fsp3) is 0.235. The second-order valence-electron chi connectivity index (χ2n) is 5.62. The van der Waals surface area contributed by atoms with Gasteiger partial charge in [-0.1, -0.05) is 22.0 Å². The summed E-state index contributed by atoms with van der Waals surface area (Å²) in [4.78, 5) is 25.4. The fourth-order valence-electron chi connectivity index (χ4n) is 2.82. The maximum Gasteiger partial charge on any atom is 0.270 e. The van der Waals surface area contributed by atoms with Crippen molar-refractivity contribution in [1.82, 2.24) is 0 Å². The van der Waals surface area contributed by atoms with Gasteiger partial charge in [0.1, 0.15) is 0 Å². The van der Waals surface area contributed by atoms with Crippen molar-refractivity contribution >= 4 is 38.9 Å². The first-order chi connectivity index (χ1) is 11.5. The number of hydrogen-bond acceptors (Lipinski definition) is 4. The van der Waals surface area contributed by atoms with Gasteiger partial charge in [0.25, 0.3) is 11.6 Å². The molecule has 1 fully saturated rings. The lowest BCUT2D eigenvalue weighted by Gasteiger charge is -2.21. The summed E-state index contributed by atoms with van der Waals surface area (Å²) in [6.45, 7) is 1.71. The van der Waals surface area contributed by atoms with E-state index in [1.165, 1.54) is 12.1 Å². The van der Waals surface area contributed by atoms with Crippen LogP contribution in [0.5, 0.6) is 0 Å². The minimum atomic E-state index is -0.482. The number of nitro benzene ring substituents is 1. The second kappa shape index (κ2) is 7.00. The number of halogens is 1. The standard InChI is InChI=1S/C17H16BrN3O3/c18-12-4-3-5-13(10-12)19-17(22)15-11-14(21(23)24)6-7-16(15)20-8-1-2-9-20/h3-7,10-11H,1-2,8-9H2,(H,19,22). The average molecular weight is 390 g/mol.